The van der Waals surface area contributed by atoms with Crippen LogP contribution in [0.3, 0.4) is 0 Å². The Labute approximate surface area is 66.6 Å². The van der Waals surface area contributed by atoms with Crippen LogP contribution in [0.4, 0.5) is 0 Å². The fourth-order valence-electron chi connectivity index (χ4n) is 1.15. The second kappa shape index (κ2) is 3.38. The molecule has 0 N–H and O–H groups in total. The van der Waals surface area contributed by atoms with Crippen LogP contribution in [0.2, 0.25) is 0 Å². The molecular formula is C8H12N2O. The maximum atomic E-state index is 10.9. The molecule has 3 nitrogen and oxygen atoms in total. The Morgan fingerprint density at radius 2 is 2.36 bits per heavy atom. The average molecular weight is 152 g/mol. The molecule has 0 radical (unpaired) electrons. The molecule has 1 amide bonds. The summed E-state index contributed by atoms with van der Waals surface area (Å²) in [5.41, 5.74) is 0. The molecule has 0 spiro atoms. The number of carbonyl (C=O) groups is 1. The smallest absolute Gasteiger partial charge is 0.219 e. The van der Waals surface area contributed by atoms with Gasteiger partial charge in [-0.15, -0.1) is 0 Å². The molecule has 0 atom stereocenters. The zero-order valence-corrected chi connectivity index (χ0v) is 6.71. The first kappa shape index (κ1) is 8.06. The van der Waals surface area contributed by atoms with E-state index in [0.29, 0.717) is 19.0 Å². The second-order valence-electron chi connectivity index (χ2n) is 2.85. The summed E-state index contributed by atoms with van der Waals surface area (Å²) in [5.74, 6) is 0.0998. The highest BCUT2D eigenvalue weighted by Crippen LogP contribution is 2.26. The van der Waals surface area contributed by atoms with Crippen LogP contribution in [0.25, 0.3) is 0 Å². The highest BCUT2D eigenvalue weighted by Gasteiger charge is 2.29. The lowest BCUT2D eigenvalue weighted by molar-refractivity contribution is -0.129. The highest BCUT2D eigenvalue weighted by atomic mass is 16.2. The summed E-state index contributed by atoms with van der Waals surface area (Å²) in [4.78, 5) is 12.7. The van der Waals surface area contributed by atoms with Gasteiger partial charge >= 0.3 is 0 Å². The molecular weight excluding hydrogens is 140 g/mol. The zero-order valence-electron chi connectivity index (χ0n) is 6.71. The minimum absolute atomic E-state index is 0.0998. The lowest BCUT2D eigenvalue weighted by Crippen LogP contribution is -2.31. The van der Waals surface area contributed by atoms with Gasteiger partial charge in [0, 0.05) is 19.5 Å². The summed E-state index contributed by atoms with van der Waals surface area (Å²) in [6.45, 7) is 2.17. The number of hydrogen-bond acceptors (Lipinski definition) is 2. The molecule has 0 aliphatic heterocycles. The van der Waals surface area contributed by atoms with Crippen molar-refractivity contribution in [2.45, 2.75) is 32.2 Å². The molecule has 3 heteroatoms. The number of amides is 1. The Balaban J connectivity index is 2.34. The lowest BCUT2D eigenvalue weighted by Gasteiger charge is -2.18. The van der Waals surface area contributed by atoms with Gasteiger partial charge in [-0.05, 0) is 12.8 Å². The van der Waals surface area contributed by atoms with Crippen molar-refractivity contribution in [2.75, 3.05) is 6.54 Å². The van der Waals surface area contributed by atoms with Crippen molar-refractivity contribution in [3.05, 3.63) is 0 Å². The molecule has 1 fully saturated rings. The molecule has 0 aromatic carbocycles. The van der Waals surface area contributed by atoms with Crippen LogP contribution in [-0.4, -0.2) is 23.4 Å². The average Bonchev–Trinajstić information content (AvgIpc) is 2.71. The van der Waals surface area contributed by atoms with Crippen LogP contribution in [0.1, 0.15) is 26.2 Å². The normalized spacial score (nSPS) is 15.6. The highest BCUT2D eigenvalue weighted by molar-refractivity contribution is 5.73. The molecule has 60 valence electrons. The van der Waals surface area contributed by atoms with Crippen molar-refractivity contribution >= 4 is 5.91 Å². The molecule has 0 aromatic heterocycles. The van der Waals surface area contributed by atoms with Crippen molar-refractivity contribution in [2.24, 2.45) is 0 Å². The van der Waals surface area contributed by atoms with Gasteiger partial charge in [-0.25, -0.2) is 0 Å². The minimum Gasteiger partial charge on any atom is -0.339 e. The summed E-state index contributed by atoms with van der Waals surface area (Å²) in [7, 11) is 0. The molecule has 0 saturated heterocycles. The van der Waals surface area contributed by atoms with Gasteiger partial charge in [0.05, 0.1) is 12.5 Å². The van der Waals surface area contributed by atoms with Gasteiger partial charge in [-0.3, -0.25) is 4.79 Å². The Kier molecular flexibility index (Phi) is 2.48. The van der Waals surface area contributed by atoms with E-state index >= 15 is 0 Å². The van der Waals surface area contributed by atoms with E-state index in [4.69, 9.17) is 5.26 Å². The van der Waals surface area contributed by atoms with E-state index < -0.39 is 0 Å². The molecule has 1 aliphatic rings. The number of rotatable bonds is 3. The maximum Gasteiger partial charge on any atom is 0.219 e. The topological polar surface area (TPSA) is 44.1 Å². The van der Waals surface area contributed by atoms with Crippen molar-refractivity contribution in [3.63, 3.8) is 0 Å². The van der Waals surface area contributed by atoms with E-state index in [9.17, 15) is 4.79 Å². The van der Waals surface area contributed by atoms with Gasteiger partial charge in [0.2, 0.25) is 5.91 Å². The third-order valence-corrected chi connectivity index (χ3v) is 1.86. The summed E-state index contributed by atoms with van der Waals surface area (Å²) in [5, 5.41) is 8.31. The summed E-state index contributed by atoms with van der Waals surface area (Å²) < 4.78 is 0. The first-order valence-corrected chi connectivity index (χ1v) is 3.90. The van der Waals surface area contributed by atoms with Crippen LogP contribution in [0.15, 0.2) is 0 Å². The van der Waals surface area contributed by atoms with E-state index in [2.05, 4.69) is 0 Å². The Hall–Kier alpha value is -1.04. The molecule has 0 aromatic rings. The number of carbonyl (C=O) groups excluding carboxylic acids is 1. The third kappa shape index (κ3) is 2.23. The van der Waals surface area contributed by atoms with Gasteiger partial charge in [-0.1, -0.05) is 0 Å². The van der Waals surface area contributed by atoms with Gasteiger partial charge in [-0.2, -0.15) is 5.26 Å². The fourth-order valence-corrected chi connectivity index (χ4v) is 1.15. The van der Waals surface area contributed by atoms with Gasteiger partial charge in [0.1, 0.15) is 0 Å². The van der Waals surface area contributed by atoms with E-state index in [1.165, 1.54) is 0 Å². The monoisotopic (exact) mass is 152 g/mol. The van der Waals surface area contributed by atoms with Crippen LogP contribution in [-0.2, 0) is 4.79 Å². The van der Waals surface area contributed by atoms with E-state index in [1.807, 2.05) is 6.07 Å². The van der Waals surface area contributed by atoms with E-state index in [0.717, 1.165) is 12.8 Å². The first-order valence-electron chi connectivity index (χ1n) is 3.90. The number of nitriles is 1. The SMILES string of the molecule is CC(=O)N(CCC#N)C1CC1. The van der Waals surface area contributed by atoms with Crippen LogP contribution in [0.5, 0.6) is 0 Å². The van der Waals surface area contributed by atoms with Crippen molar-refractivity contribution in [3.8, 4) is 6.07 Å². The predicted octanol–water partition coefficient (Wildman–Crippen LogP) is 0.911. The van der Waals surface area contributed by atoms with Crippen LogP contribution in [0, 0.1) is 11.3 Å². The third-order valence-electron chi connectivity index (χ3n) is 1.86. The van der Waals surface area contributed by atoms with Gasteiger partial charge < -0.3 is 4.90 Å². The van der Waals surface area contributed by atoms with Gasteiger partial charge in [0.25, 0.3) is 0 Å². The zero-order chi connectivity index (χ0) is 8.27. The second-order valence-corrected chi connectivity index (χ2v) is 2.85. The first-order chi connectivity index (χ1) is 5.25. The maximum absolute atomic E-state index is 10.9. The van der Waals surface area contributed by atoms with Gasteiger partial charge in [0.15, 0.2) is 0 Å². The van der Waals surface area contributed by atoms with Crippen molar-refractivity contribution in [1.29, 1.82) is 5.26 Å². The Morgan fingerprint density at radius 3 is 2.73 bits per heavy atom. The number of hydrogen-bond donors (Lipinski definition) is 0. The summed E-state index contributed by atoms with van der Waals surface area (Å²) >= 11 is 0. The lowest BCUT2D eigenvalue weighted by atomic mass is 10.4. The predicted molar refractivity (Wildman–Crippen MR) is 40.6 cm³/mol. The standard InChI is InChI=1S/C8H12N2O/c1-7(11)10(6-2-5-9)8-3-4-8/h8H,2-4,6H2,1H3. The number of nitrogens with zero attached hydrogens (tertiary/aromatic N) is 2. The van der Waals surface area contributed by atoms with E-state index in [1.54, 1.807) is 11.8 Å². The molecule has 0 heterocycles. The molecule has 1 saturated carbocycles. The minimum atomic E-state index is 0.0998. The fraction of sp³-hybridized carbons (Fsp3) is 0.750. The summed E-state index contributed by atoms with van der Waals surface area (Å²) in [6, 6.07) is 2.49. The van der Waals surface area contributed by atoms with Crippen molar-refractivity contribution < 1.29 is 4.79 Å². The summed E-state index contributed by atoms with van der Waals surface area (Å²) in [6.07, 6.45) is 2.69. The quantitative estimate of drug-likeness (QED) is 0.603. The molecule has 1 rings (SSSR count). The molecule has 11 heavy (non-hydrogen) atoms. The Morgan fingerprint density at radius 1 is 1.73 bits per heavy atom. The molecule has 1 aliphatic carbocycles. The Bertz CT molecular complexity index is 191. The van der Waals surface area contributed by atoms with E-state index in [-0.39, 0.29) is 5.91 Å². The molecule has 0 bridgehead atoms. The van der Waals surface area contributed by atoms with Crippen LogP contribution >= 0.6 is 0 Å². The van der Waals surface area contributed by atoms with Crippen LogP contribution < -0.4 is 0 Å². The molecule has 0 unspecified atom stereocenters. The van der Waals surface area contributed by atoms with Crippen molar-refractivity contribution in [1.82, 2.24) is 4.90 Å². The largest absolute Gasteiger partial charge is 0.339 e.